The number of fused-ring (bicyclic) bond motifs is 1. The van der Waals surface area contributed by atoms with Gasteiger partial charge in [-0.15, -0.1) is 5.10 Å². The number of hydrogen-bond acceptors (Lipinski definition) is 6. The Kier molecular flexibility index (Phi) is 3.83. The van der Waals surface area contributed by atoms with Crippen molar-refractivity contribution in [2.75, 3.05) is 5.32 Å². The Morgan fingerprint density at radius 1 is 1.17 bits per heavy atom. The van der Waals surface area contributed by atoms with E-state index in [4.69, 9.17) is 4.42 Å². The lowest BCUT2D eigenvalue weighted by atomic mass is 9.80. The summed E-state index contributed by atoms with van der Waals surface area (Å²) in [6.07, 6.45) is -1.06. The summed E-state index contributed by atoms with van der Waals surface area (Å²) in [6, 6.07) is 7.71. The fourth-order valence-electron chi connectivity index (χ4n) is 3.87. The number of nitrogens with zero attached hydrogens (tertiary/aromatic N) is 4. The topological polar surface area (TPSA) is 85.8 Å². The average molecular weight is 401 g/mol. The smallest absolute Gasteiger partial charge is 0.453 e. The van der Waals surface area contributed by atoms with Gasteiger partial charge < -0.3 is 9.73 Å². The summed E-state index contributed by atoms with van der Waals surface area (Å²) in [5.74, 6) is -1.07. The molecule has 1 N–H and O–H groups in total. The highest BCUT2D eigenvalue weighted by Crippen LogP contribution is 2.44. The number of allylic oxidation sites excluding steroid dienone is 2. The molecule has 1 aliphatic heterocycles. The summed E-state index contributed by atoms with van der Waals surface area (Å²) in [5.41, 5.74) is 1.30. The molecule has 10 heteroatoms. The minimum absolute atomic E-state index is 0.0698. The molecular weight excluding hydrogens is 387 g/mol. The van der Waals surface area contributed by atoms with Crippen LogP contribution in [-0.2, 0) is 11.0 Å². The van der Waals surface area contributed by atoms with Gasteiger partial charge in [-0.2, -0.15) is 18.2 Å². The van der Waals surface area contributed by atoms with Gasteiger partial charge in [0.2, 0.25) is 5.95 Å². The van der Waals surface area contributed by atoms with E-state index < -0.39 is 18.0 Å². The second kappa shape index (κ2) is 6.29. The number of halogens is 3. The number of ketones is 1. The van der Waals surface area contributed by atoms with E-state index in [9.17, 15) is 18.0 Å². The van der Waals surface area contributed by atoms with E-state index in [0.29, 0.717) is 29.1 Å². The van der Waals surface area contributed by atoms with Crippen molar-refractivity contribution in [3.8, 4) is 0 Å². The van der Waals surface area contributed by atoms with Crippen molar-refractivity contribution in [3.05, 3.63) is 71.3 Å². The first kappa shape index (κ1) is 17.7. The summed E-state index contributed by atoms with van der Waals surface area (Å²) < 4.78 is 46.2. The molecule has 4 heterocycles. The van der Waals surface area contributed by atoms with Gasteiger partial charge in [0.25, 0.3) is 5.82 Å². The van der Waals surface area contributed by atoms with Gasteiger partial charge in [0.1, 0.15) is 11.8 Å². The zero-order valence-electron chi connectivity index (χ0n) is 14.8. The van der Waals surface area contributed by atoms with Crippen molar-refractivity contribution in [3.63, 3.8) is 0 Å². The first-order chi connectivity index (χ1) is 13.9. The van der Waals surface area contributed by atoms with E-state index in [1.165, 1.54) is 12.5 Å². The van der Waals surface area contributed by atoms with Crippen LogP contribution >= 0.6 is 0 Å². The third-order valence-corrected chi connectivity index (χ3v) is 5.09. The Morgan fingerprint density at radius 2 is 2.03 bits per heavy atom. The van der Waals surface area contributed by atoms with Crippen molar-refractivity contribution in [1.82, 2.24) is 19.7 Å². The Bertz CT molecular complexity index is 1100. The van der Waals surface area contributed by atoms with Crippen LogP contribution < -0.4 is 5.32 Å². The monoisotopic (exact) mass is 401 g/mol. The molecule has 0 bridgehead atoms. The van der Waals surface area contributed by atoms with Crippen molar-refractivity contribution in [1.29, 1.82) is 0 Å². The summed E-state index contributed by atoms with van der Waals surface area (Å²) in [5, 5.41) is 6.54. The maximum atomic E-state index is 13.2. The largest absolute Gasteiger partial charge is 0.469 e. The standard InChI is InChI=1S/C19H14F3N5O2/c20-19(21,22)17-25-18-24-12-8-10(14-5-3-7-29-14)9-13(28)15(12)16(27(18)26-17)11-4-1-2-6-23-11/h1-7,10,16H,8-9H2,(H,24,25,26)/t10-,16-/m0/s1. The van der Waals surface area contributed by atoms with Crippen LogP contribution in [0.25, 0.3) is 0 Å². The summed E-state index contributed by atoms with van der Waals surface area (Å²) in [6.45, 7) is 0. The number of aromatic nitrogens is 4. The molecule has 5 rings (SSSR count). The third-order valence-electron chi connectivity index (χ3n) is 5.09. The lowest BCUT2D eigenvalue weighted by molar-refractivity contribution is -0.145. The molecular formula is C19H14F3N5O2. The number of rotatable bonds is 2. The molecule has 148 valence electrons. The second-order valence-corrected chi connectivity index (χ2v) is 6.92. The lowest BCUT2D eigenvalue weighted by Crippen LogP contribution is -2.34. The van der Waals surface area contributed by atoms with Crippen molar-refractivity contribution >= 4 is 11.7 Å². The first-order valence-corrected chi connectivity index (χ1v) is 8.93. The number of carbonyl (C=O) groups excluding carboxylic acids is 1. The number of hydrogen-bond donors (Lipinski definition) is 1. The van der Waals surface area contributed by atoms with Crippen molar-refractivity contribution < 1.29 is 22.4 Å². The number of pyridine rings is 1. The van der Waals surface area contributed by atoms with Crippen LogP contribution in [-0.4, -0.2) is 25.5 Å². The van der Waals surface area contributed by atoms with Gasteiger partial charge in [-0.25, -0.2) is 4.68 Å². The minimum atomic E-state index is -4.71. The maximum Gasteiger partial charge on any atom is 0.453 e. The highest BCUT2D eigenvalue weighted by Gasteiger charge is 2.44. The molecule has 0 spiro atoms. The highest BCUT2D eigenvalue weighted by molar-refractivity contribution is 6.00. The van der Waals surface area contributed by atoms with Gasteiger partial charge in [0, 0.05) is 29.8 Å². The molecule has 1 aliphatic carbocycles. The van der Waals surface area contributed by atoms with Crippen LogP contribution in [0.3, 0.4) is 0 Å². The fraction of sp³-hybridized carbons (Fsp3) is 0.263. The Morgan fingerprint density at radius 3 is 2.72 bits per heavy atom. The molecule has 0 radical (unpaired) electrons. The van der Waals surface area contributed by atoms with Crippen LogP contribution in [0.5, 0.6) is 0 Å². The lowest BCUT2D eigenvalue weighted by Gasteiger charge is -2.34. The number of carbonyl (C=O) groups is 1. The Balaban J connectivity index is 1.64. The quantitative estimate of drug-likeness (QED) is 0.705. The Labute approximate surface area is 162 Å². The van der Waals surface area contributed by atoms with Crippen LogP contribution in [0.2, 0.25) is 0 Å². The van der Waals surface area contributed by atoms with Gasteiger partial charge >= 0.3 is 6.18 Å². The van der Waals surface area contributed by atoms with Crippen LogP contribution in [0.4, 0.5) is 19.1 Å². The van der Waals surface area contributed by atoms with Crippen LogP contribution in [0, 0.1) is 0 Å². The van der Waals surface area contributed by atoms with Crippen molar-refractivity contribution in [2.45, 2.75) is 31.0 Å². The molecule has 0 aromatic carbocycles. The number of alkyl halides is 3. The summed E-state index contributed by atoms with van der Waals surface area (Å²) >= 11 is 0. The van der Waals surface area contributed by atoms with Crippen LogP contribution in [0.1, 0.15) is 42.1 Å². The van der Waals surface area contributed by atoms with Gasteiger partial charge in [-0.3, -0.25) is 9.78 Å². The number of nitrogens with one attached hydrogen (secondary N) is 1. The third kappa shape index (κ3) is 2.91. The SMILES string of the molecule is O=C1C[C@@H](c2ccco2)CC2=C1[C@H](c1ccccn1)n1nc(C(F)(F)F)nc1N2. The van der Waals surface area contributed by atoms with E-state index in [0.717, 1.165) is 4.68 Å². The summed E-state index contributed by atoms with van der Waals surface area (Å²) in [7, 11) is 0. The Hall–Kier alpha value is -3.43. The van der Waals surface area contributed by atoms with E-state index in [-0.39, 0.29) is 24.1 Å². The first-order valence-electron chi connectivity index (χ1n) is 8.93. The molecule has 0 unspecified atom stereocenters. The zero-order valence-corrected chi connectivity index (χ0v) is 14.8. The predicted molar refractivity (Wildman–Crippen MR) is 93.7 cm³/mol. The number of anilines is 1. The van der Waals surface area contributed by atoms with Gasteiger partial charge in [0.05, 0.1) is 12.0 Å². The highest BCUT2D eigenvalue weighted by atomic mass is 19.4. The summed E-state index contributed by atoms with van der Waals surface area (Å²) in [4.78, 5) is 21.0. The molecule has 7 nitrogen and oxygen atoms in total. The van der Waals surface area contributed by atoms with E-state index in [1.807, 2.05) is 0 Å². The number of furan rings is 1. The predicted octanol–water partition coefficient (Wildman–Crippen LogP) is 3.70. The molecule has 3 aromatic rings. The van der Waals surface area contributed by atoms with Gasteiger partial charge in [0.15, 0.2) is 5.78 Å². The molecule has 0 amide bonds. The second-order valence-electron chi connectivity index (χ2n) is 6.92. The van der Waals surface area contributed by atoms with Crippen LogP contribution in [0.15, 0.2) is 58.5 Å². The molecule has 3 aromatic heterocycles. The van der Waals surface area contributed by atoms with E-state index in [2.05, 4.69) is 20.4 Å². The molecule has 29 heavy (non-hydrogen) atoms. The molecule has 2 atom stereocenters. The van der Waals surface area contributed by atoms with E-state index in [1.54, 1.807) is 30.3 Å². The van der Waals surface area contributed by atoms with E-state index >= 15 is 0 Å². The fourth-order valence-corrected chi connectivity index (χ4v) is 3.87. The normalized spacial score (nSPS) is 21.6. The molecule has 0 saturated carbocycles. The maximum absolute atomic E-state index is 13.2. The van der Waals surface area contributed by atoms with Gasteiger partial charge in [-0.05, 0) is 30.7 Å². The minimum Gasteiger partial charge on any atom is -0.469 e. The number of Topliss-reactive ketones (excluding diaryl/α,β-unsaturated/α-hetero) is 1. The van der Waals surface area contributed by atoms with Crippen molar-refractivity contribution in [2.24, 2.45) is 0 Å². The average Bonchev–Trinajstić information content (AvgIpc) is 3.36. The van der Waals surface area contributed by atoms with Gasteiger partial charge in [-0.1, -0.05) is 6.07 Å². The molecule has 2 aliphatic rings. The zero-order chi connectivity index (χ0) is 20.2. The molecule has 0 fully saturated rings. The molecule has 0 saturated heterocycles.